The summed E-state index contributed by atoms with van der Waals surface area (Å²) < 4.78 is 9.18. The van der Waals surface area contributed by atoms with Gasteiger partial charge in [0.25, 0.3) is 0 Å². The minimum absolute atomic E-state index is 0.00161. The number of amides is 1. The fourth-order valence-corrected chi connectivity index (χ4v) is 3.72. The van der Waals surface area contributed by atoms with E-state index in [0.717, 1.165) is 40.6 Å². The number of fused-ring (bicyclic) bond motifs is 1. The highest BCUT2D eigenvalue weighted by Gasteiger charge is 2.33. The molecule has 0 spiro atoms. The third-order valence-corrected chi connectivity index (χ3v) is 4.86. The normalized spacial score (nSPS) is 16.8. The molecule has 1 aliphatic heterocycles. The number of hydrogen-bond donors (Lipinski definition) is 1. The van der Waals surface area contributed by atoms with Crippen LogP contribution < -0.4 is 5.32 Å². The number of anilines is 1. The second-order valence-electron chi connectivity index (χ2n) is 6.39. The Morgan fingerprint density at radius 2 is 2.20 bits per heavy atom. The summed E-state index contributed by atoms with van der Waals surface area (Å²) in [6.45, 7) is 7.45. The summed E-state index contributed by atoms with van der Waals surface area (Å²) >= 11 is 0. The van der Waals surface area contributed by atoms with Gasteiger partial charge in [0, 0.05) is 35.7 Å². The third kappa shape index (κ3) is 2.56. The number of aryl methyl sites for hydroxylation is 2. The van der Waals surface area contributed by atoms with Gasteiger partial charge in [0.15, 0.2) is 0 Å². The standard InChI is InChI=1S/C18H21N5O2/c1-4-22-12(3)17(11(2)21-22)14-8-16(24)20-18-15(14)9-19-23(18)10-13-6-5-7-25-13/h5-7,9,14H,4,8,10H2,1-3H3,(H,20,24). The van der Waals surface area contributed by atoms with E-state index in [4.69, 9.17) is 4.42 Å². The van der Waals surface area contributed by atoms with Crippen LogP contribution in [0.4, 0.5) is 5.82 Å². The Balaban J connectivity index is 1.77. The molecule has 3 aromatic rings. The summed E-state index contributed by atoms with van der Waals surface area (Å²) in [6.07, 6.45) is 3.90. The summed E-state index contributed by atoms with van der Waals surface area (Å²) in [5.74, 6) is 1.53. The molecule has 3 aromatic heterocycles. The van der Waals surface area contributed by atoms with Gasteiger partial charge >= 0.3 is 0 Å². The van der Waals surface area contributed by atoms with Gasteiger partial charge in [-0.05, 0) is 32.9 Å². The van der Waals surface area contributed by atoms with E-state index in [1.807, 2.05) is 29.9 Å². The first kappa shape index (κ1) is 15.7. The lowest BCUT2D eigenvalue weighted by molar-refractivity contribution is -0.116. The van der Waals surface area contributed by atoms with Crippen molar-refractivity contribution in [2.45, 2.75) is 46.2 Å². The summed E-state index contributed by atoms with van der Waals surface area (Å²) in [7, 11) is 0. The number of carbonyl (C=O) groups is 1. The average molecular weight is 339 g/mol. The van der Waals surface area contributed by atoms with Crippen LogP contribution in [0.15, 0.2) is 29.0 Å². The molecule has 1 N–H and O–H groups in total. The average Bonchev–Trinajstić information content (AvgIpc) is 3.29. The molecule has 7 nitrogen and oxygen atoms in total. The minimum atomic E-state index is -0.0191. The SMILES string of the molecule is CCn1nc(C)c(C2CC(=O)Nc3c2cnn3Cc2ccco2)c1C. The zero-order chi connectivity index (χ0) is 17.6. The number of nitrogens with zero attached hydrogens (tertiary/aromatic N) is 4. The Hall–Kier alpha value is -2.83. The largest absolute Gasteiger partial charge is 0.467 e. The predicted octanol–water partition coefficient (Wildman–Crippen LogP) is 2.83. The molecule has 1 aliphatic rings. The van der Waals surface area contributed by atoms with Crippen molar-refractivity contribution in [2.24, 2.45) is 0 Å². The Morgan fingerprint density at radius 3 is 2.88 bits per heavy atom. The van der Waals surface area contributed by atoms with Crippen molar-refractivity contribution in [1.82, 2.24) is 19.6 Å². The van der Waals surface area contributed by atoms with E-state index in [1.54, 1.807) is 10.9 Å². The summed E-state index contributed by atoms with van der Waals surface area (Å²) in [6, 6.07) is 3.74. The summed E-state index contributed by atoms with van der Waals surface area (Å²) in [4.78, 5) is 12.4. The van der Waals surface area contributed by atoms with Crippen molar-refractivity contribution >= 4 is 11.7 Å². The molecule has 0 saturated heterocycles. The Morgan fingerprint density at radius 1 is 1.36 bits per heavy atom. The number of nitrogens with one attached hydrogen (secondary N) is 1. The maximum atomic E-state index is 12.4. The van der Waals surface area contributed by atoms with Crippen LogP contribution in [-0.4, -0.2) is 25.5 Å². The fraction of sp³-hybridized carbons (Fsp3) is 0.389. The van der Waals surface area contributed by atoms with Crippen LogP contribution in [0.5, 0.6) is 0 Å². The van der Waals surface area contributed by atoms with Crippen LogP contribution in [0.25, 0.3) is 0 Å². The molecular weight excluding hydrogens is 318 g/mol. The highest BCUT2D eigenvalue weighted by atomic mass is 16.3. The molecule has 0 aromatic carbocycles. The summed E-state index contributed by atoms with van der Waals surface area (Å²) in [5, 5.41) is 12.1. The molecule has 1 amide bonds. The summed E-state index contributed by atoms with van der Waals surface area (Å²) in [5.41, 5.74) is 4.26. The van der Waals surface area contributed by atoms with Crippen LogP contribution in [0.3, 0.4) is 0 Å². The number of furan rings is 1. The molecule has 0 aliphatic carbocycles. The lowest BCUT2D eigenvalue weighted by Crippen LogP contribution is -2.25. The molecule has 4 heterocycles. The lowest BCUT2D eigenvalue weighted by Gasteiger charge is -2.24. The highest BCUT2D eigenvalue weighted by Crippen LogP contribution is 2.39. The molecular formula is C18H21N5O2. The fourth-order valence-electron chi connectivity index (χ4n) is 3.72. The van der Waals surface area contributed by atoms with Gasteiger partial charge in [-0.2, -0.15) is 10.2 Å². The van der Waals surface area contributed by atoms with Crippen molar-refractivity contribution in [1.29, 1.82) is 0 Å². The zero-order valence-corrected chi connectivity index (χ0v) is 14.6. The van der Waals surface area contributed by atoms with E-state index in [2.05, 4.69) is 29.4 Å². The first-order valence-corrected chi connectivity index (χ1v) is 8.50. The Bertz CT molecular complexity index is 920. The molecule has 1 unspecified atom stereocenters. The molecule has 1 atom stereocenters. The molecule has 130 valence electrons. The zero-order valence-electron chi connectivity index (χ0n) is 14.6. The predicted molar refractivity (Wildman–Crippen MR) is 92.5 cm³/mol. The van der Waals surface area contributed by atoms with Crippen LogP contribution in [0.1, 0.15) is 47.5 Å². The minimum Gasteiger partial charge on any atom is -0.467 e. The van der Waals surface area contributed by atoms with Gasteiger partial charge in [-0.15, -0.1) is 0 Å². The molecule has 0 fully saturated rings. The smallest absolute Gasteiger partial charge is 0.226 e. The second kappa shape index (κ2) is 5.91. The van der Waals surface area contributed by atoms with E-state index >= 15 is 0 Å². The topological polar surface area (TPSA) is 77.9 Å². The van der Waals surface area contributed by atoms with Gasteiger partial charge in [0.05, 0.1) is 18.2 Å². The molecule has 25 heavy (non-hydrogen) atoms. The van der Waals surface area contributed by atoms with Gasteiger partial charge < -0.3 is 9.73 Å². The van der Waals surface area contributed by atoms with Crippen molar-refractivity contribution < 1.29 is 9.21 Å². The second-order valence-corrected chi connectivity index (χ2v) is 6.39. The van der Waals surface area contributed by atoms with Crippen LogP contribution in [-0.2, 0) is 17.9 Å². The van der Waals surface area contributed by atoms with Crippen molar-refractivity contribution in [3.8, 4) is 0 Å². The van der Waals surface area contributed by atoms with Crippen molar-refractivity contribution in [3.63, 3.8) is 0 Å². The van der Waals surface area contributed by atoms with Gasteiger partial charge in [0.2, 0.25) is 5.91 Å². The number of aromatic nitrogens is 4. The van der Waals surface area contributed by atoms with Crippen LogP contribution >= 0.6 is 0 Å². The Kier molecular flexibility index (Phi) is 3.71. The van der Waals surface area contributed by atoms with E-state index in [-0.39, 0.29) is 11.8 Å². The van der Waals surface area contributed by atoms with Gasteiger partial charge in [0.1, 0.15) is 18.1 Å². The van der Waals surface area contributed by atoms with Crippen molar-refractivity contribution in [3.05, 3.63) is 52.9 Å². The molecule has 0 bridgehead atoms. The van der Waals surface area contributed by atoms with Crippen molar-refractivity contribution in [2.75, 3.05) is 5.32 Å². The lowest BCUT2D eigenvalue weighted by atomic mass is 9.86. The monoisotopic (exact) mass is 339 g/mol. The highest BCUT2D eigenvalue weighted by molar-refractivity contribution is 5.94. The maximum Gasteiger partial charge on any atom is 0.226 e. The number of carbonyl (C=O) groups excluding carboxylic acids is 1. The van der Waals surface area contributed by atoms with Crippen LogP contribution in [0.2, 0.25) is 0 Å². The van der Waals surface area contributed by atoms with E-state index in [9.17, 15) is 4.79 Å². The van der Waals surface area contributed by atoms with E-state index in [0.29, 0.717) is 13.0 Å². The van der Waals surface area contributed by atoms with Crippen LogP contribution in [0, 0.1) is 13.8 Å². The third-order valence-electron chi connectivity index (χ3n) is 4.86. The maximum absolute atomic E-state index is 12.4. The van der Waals surface area contributed by atoms with Gasteiger partial charge in [-0.25, -0.2) is 4.68 Å². The van der Waals surface area contributed by atoms with E-state index < -0.39 is 0 Å². The van der Waals surface area contributed by atoms with E-state index in [1.165, 1.54) is 0 Å². The molecule has 4 rings (SSSR count). The van der Waals surface area contributed by atoms with Gasteiger partial charge in [-0.3, -0.25) is 9.48 Å². The number of hydrogen-bond acceptors (Lipinski definition) is 4. The molecule has 0 saturated carbocycles. The number of rotatable bonds is 4. The van der Waals surface area contributed by atoms with Gasteiger partial charge in [-0.1, -0.05) is 0 Å². The molecule has 7 heteroatoms. The first-order chi connectivity index (χ1) is 12.1. The Labute approximate surface area is 145 Å². The molecule has 0 radical (unpaired) electrons. The quantitative estimate of drug-likeness (QED) is 0.793. The first-order valence-electron chi connectivity index (χ1n) is 8.50.